The average molecular weight is 352 g/mol. The Bertz CT molecular complexity index is 859. The average Bonchev–Trinajstić information content (AvgIpc) is 3.06. The van der Waals surface area contributed by atoms with Crippen molar-refractivity contribution in [2.24, 2.45) is 4.99 Å². The predicted octanol–water partition coefficient (Wildman–Crippen LogP) is 3.05. The Hall–Kier alpha value is -2.40. The first-order valence-corrected chi connectivity index (χ1v) is 9.14. The molecule has 1 atom stereocenters. The standard InChI is InChI=1S/C21H21FN2O2/c22-16-7-5-15(6-8-16)19-18-4-2-1-3-14(18)9-10-24(19)20-23-21(13-26-20)11-17(25)12-21/h1-8,17,19,25H,9-13H2/t17?,19-,21?/m0/s1. The van der Waals surface area contributed by atoms with Gasteiger partial charge in [-0.15, -0.1) is 0 Å². The first-order valence-electron chi connectivity index (χ1n) is 9.14. The summed E-state index contributed by atoms with van der Waals surface area (Å²) in [6.07, 6.45) is 1.99. The van der Waals surface area contributed by atoms with Crippen LogP contribution in [0, 0.1) is 5.82 Å². The SMILES string of the molecule is OC1CC2(COC(N3CCc4ccccc4[C@@H]3c3ccc(F)cc3)=N2)C1. The number of ether oxygens (including phenoxy) is 1. The highest BCUT2D eigenvalue weighted by Gasteiger charge is 2.49. The molecule has 0 aromatic heterocycles. The molecule has 2 aromatic rings. The molecule has 4 nitrogen and oxygen atoms in total. The highest BCUT2D eigenvalue weighted by atomic mass is 19.1. The number of halogens is 1. The van der Waals surface area contributed by atoms with Crippen LogP contribution in [0.3, 0.4) is 0 Å². The van der Waals surface area contributed by atoms with Gasteiger partial charge in [0.2, 0.25) is 0 Å². The number of amidine groups is 1. The van der Waals surface area contributed by atoms with Gasteiger partial charge in [0.15, 0.2) is 0 Å². The van der Waals surface area contributed by atoms with Gasteiger partial charge < -0.3 is 14.7 Å². The molecular formula is C21H21FN2O2. The molecule has 3 aliphatic rings. The van der Waals surface area contributed by atoms with Gasteiger partial charge in [-0.25, -0.2) is 9.38 Å². The van der Waals surface area contributed by atoms with E-state index in [9.17, 15) is 9.50 Å². The molecule has 5 heteroatoms. The maximum absolute atomic E-state index is 13.5. The summed E-state index contributed by atoms with van der Waals surface area (Å²) in [5.74, 6) is -0.235. The molecule has 1 saturated carbocycles. The number of aliphatic imine (C=N–C) groups is 1. The van der Waals surface area contributed by atoms with Gasteiger partial charge in [-0.1, -0.05) is 36.4 Å². The van der Waals surface area contributed by atoms with Crippen LogP contribution in [0.2, 0.25) is 0 Å². The second-order valence-electron chi connectivity index (χ2n) is 7.57. The fourth-order valence-electron chi connectivity index (χ4n) is 4.42. The van der Waals surface area contributed by atoms with Crippen molar-refractivity contribution < 1.29 is 14.2 Å². The molecule has 26 heavy (non-hydrogen) atoms. The van der Waals surface area contributed by atoms with Crippen LogP contribution >= 0.6 is 0 Å². The number of nitrogens with zero attached hydrogens (tertiary/aromatic N) is 2. The summed E-state index contributed by atoms with van der Waals surface area (Å²) in [4.78, 5) is 7.04. The lowest BCUT2D eigenvalue weighted by atomic mass is 9.76. The normalized spacial score (nSPS) is 29.8. The lowest BCUT2D eigenvalue weighted by molar-refractivity contribution is 0.0111. The zero-order valence-electron chi connectivity index (χ0n) is 14.4. The Morgan fingerprint density at radius 1 is 1.12 bits per heavy atom. The lowest BCUT2D eigenvalue weighted by Crippen LogP contribution is -2.46. The number of fused-ring (bicyclic) bond motifs is 1. The molecule has 1 N–H and O–H groups in total. The van der Waals surface area contributed by atoms with E-state index in [1.807, 2.05) is 18.2 Å². The molecule has 1 fully saturated rings. The smallest absolute Gasteiger partial charge is 0.288 e. The first kappa shape index (κ1) is 15.8. The molecule has 2 aliphatic heterocycles. The van der Waals surface area contributed by atoms with Crippen molar-refractivity contribution in [2.75, 3.05) is 13.2 Å². The number of aliphatic hydroxyl groups is 1. The fraction of sp³-hybridized carbons (Fsp3) is 0.381. The van der Waals surface area contributed by atoms with Gasteiger partial charge in [0.1, 0.15) is 18.0 Å². The number of rotatable bonds is 1. The van der Waals surface area contributed by atoms with Crippen molar-refractivity contribution >= 4 is 6.02 Å². The van der Waals surface area contributed by atoms with Crippen LogP contribution in [0.1, 0.15) is 35.6 Å². The summed E-state index contributed by atoms with van der Waals surface area (Å²) < 4.78 is 19.4. The molecule has 0 saturated heterocycles. The van der Waals surface area contributed by atoms with Gasteiger partial charge in [0.25, 0.3) is 6.02 Å². The fourth-order valence-corrected chi connectivity index (χ4v) is 4.42. The third-order valence-corrected chi connectivity index (χ3v) is 5.75. The quantitative estimate of drug-likeness (QED) is 0.858. The monoisotopic (exact) mass is 352 g/mol. The Morgan fingerprint density at radius 3 is 2.65 bits per heavy atom. The highest BCUT2D eigenvalue weighted by Crippen LogP contribution is 2.42. The van der Waals surface area contributed by atoms with Gasteiger partial charge in [-0.3, -0.25) is 0 Å². The van der Waals surface area contributed by atoms with Gasteiger partial charge in [0.05, 0.1) is 12.1 Å². The third kappa shape index (κ3) is 2.50. The summed E-state index contributed by atoms with van der Waals surface area (Å²) in [5, 5.41) is 9.68. The van der Waals surface area contributed by atoms with E-state index in [4.69, 9.17) is 9.73 Å². The molecular weight excluding hydrogens is 331 g/mol. The molecule has 2 heterocycles. The molecule has 2 aromatic carbocycles. The van der Waals surface area contributed by atoms with Gasteiger partial charge in [-0.2, -0.15) is 0 Å². The number of hydrogen-bond acceptors (Lipinski definition) is 4. The van der Waals surface area contributed by atoms with Crippen molar-refractivity contribution in [2.45, 2.75) is 36.9 Å². The van der Waals surface area contributed by atoms with Crippen molar-refractivity contribution in [3.8, 4) is 0 Å². The zero-order chi connectivity index (χ0) is 17.7. The predicted molar refractivity (Wildman–Crippen MR) is 96.5 cm³/mol. The largest absolute Gasteiger partial charge is 0.463 e. The van der Waals surface area contributed by atoms with Crippen LogP contribution in [-0.2, 0) is 11.2 Å². The van der Waals surface area contributed by atoms with Gasteiger partial charge in [0, 0.05) is 19.4 Å². The Balaban J connectivity index is 1.55. The second-order valence-corrected chi connectivity index (χ2v) is 7.57. The third-order valence-electron chi connectivity index (χ3n) is 5.75. The van der Waals surface area contributed by atoms with Crippen molar-refractivity contribution in [3.05, 3.63) is 71.0 Å². The minimum atomic E-state index is -0.267. The Labute approximate surface area is 151 Å². The van der Waals surface area contributed by atoms with Gasteiger partial charge in [-0.05, 0) is 35.2 Å². The lowest BCUT2D eigenvalue weighted by Gasteiger charge is -2.38. The first-order chi connectivity index (χ1) is 12.6. The Morgan fingerprint density at radius 2 is 1.88 bits per heavy atom. The maximum atomic E-state index is 13.5. The van der Waals surface area contributed by atoms with Crippen LogP contribution in [0.25, 0.3) is 0 Å². The summed E-state index contributed by atoms with van der Waals surface area (Å²) in [6.45, 7) is 1.34. The maximum Gasteiger partial charge on any atom is 0.288 e. The van der Waals surface area contributed by atoms with E-state index < -0.39 is 0 Å². The molecule has 0 unspecified atom stereocenters. The van der Waals surface area contributed by atoms with Crippen LogP contribution in [0.4, 0.5) is 4.39 Å². The van der Waals surface area contributed by atoms with E-state index in [0.717, 1.165) is 18.5 Å². The molecule has 0 amide bonds. The highest BCUT2D eigenvalue weighted by molar-refractivity contribution is 5.78. The minimum Gasteiger partial charge on any atom is -0.463 e. The van der Waals surface area contributed by atoms with Crippen molar-refractivity contribution in [3.63, 3.8) is 0 Å². The van der Waals surface area contributed by atoms with Crippen LogP contribution in [0.5, 0.6) is 0 Å². The second kappa shape index (κ2) is 5.81. The summed E-state index contributed by atoms with van der Waals surface area (Å²) >= 11 is 0. The van der Waals surface area contributed by atoms with Crippen LogP contribution in [-0.4, -0.2) is 40.8 Å². The minimum absolute atomic E-state index is 0.0422. The van der Waals surface area contributed by atoms with Crippen molar-refractivity contribution in [1.29, 1.82) is 0 Å². The van der Waals surface area contributed by atoms with Crippen molar-refractivity contribution in [1.82, 2.24) is 4.90 Å². The van der Waals surface area contributed by atoms with E-state index in [0.29, 0.717) is 25.5 Å². The summed E-state index contributed by atoms with van der Waals surface area (Å²) in [7, 11) is 0. The van der Waals surface area contributed by atoms with Crippen LogP contribution < -0.4 is 0 Å². The van der Waals surface area contributed by atoms with Gasteiger partial charge >= 0.3 is 0 Å². The molecule has 1 spiro atoms. The Kier molecular flexibility index (Phi) is 3.54. The molecule has 0 bridgehead atoms. The molecule has 0 radical (unpaired) electrons. The zero-order valence-corrected chi connectivity index (χ0v) is 14.4. The summed E-state index contributed by atoms with van der Waals surface area (Å²) in [6, 6.07) is 15.7. The number of hydrogen-bond donors (Lipinski definition) is 1. The number of benzene rings is 2. The van der Waals surface area contributed by atoms with Crippen LogP contribution in [0.15, 0.2) is 53.5 Å². The van der Waals surface area contributed by atoms with E-state index >= 15 is 0 Å². The number of aliphatic hydroxyl groups excluding tert-OH is 1. The molecule has 5 rings (SSSR count). The molecule has 134 valence electrons. The summed E-state index contributed by atoms with van der Waals surface area (Å²) in [5.41, 5.74) is 3.30. The van der Waals surface area contributed by atoms with E-state index in [1.54, 1.807) is 0 Å². The molecule has 1 aliphatic carbocycles. The van der Waals surface area contributed by atoms with E-state index in [-0.39, 0.29) is 23.5 Å². The topological polar surface area (TPSA) is 45.1 Å². The van der Waals surface area contributed by atoms with E-state index in [2.05, 4.69) is 23.1 Å². The van der Waals surface area contributed by atoms with E-state index in [1.165, 1.54) is 23.3 Å².